The van der Waals surface area contributed by atoms with Gasteiger partial charge < -0.3 is 5.32 Å². The molecule has 0 unspecified atom stereocenters. The minimum Gasteiger partial charge on any atom is -0.365 e. The van der Waals surface area contributed by atoms with Gasteiger partial charge >= 0.3 is 0 Å². The molecule has 3 rings (SSSR count). The Morgan fingerprint density at radius 3 is 2.75 bits per heavy atom. The third-order valence-electron chi connectivity index (χ3n) is 2.74. The molecular formula is C14H12ClN5. The summed E-state index contributed by atoms with van der Waals surface area (Å²) in [6, 6.07) is 9.96. The van der Waals surface area contributed by atoms with Gasteiger partial charge in [-0.3, -0.25) is 4.98 Å². The first-order chi connectivity index (χ1) is 9.81. The first-order valence-corrected chi connectivity index (χ1v) is 6.49. The van der Waals surface area contributed by atoms with Crippen molar-refractivity contribution in [1.82, 2.24) is 19.7 Å². The number of nitrogens with one attached hydrogen (secondary N) is 1. The van der Waals surface area contributed by atoms with Gasteiger partial charge in [0.2, 0.25) is 0 Å². The van der Waals surface area contributed by atoms with E-state index in [2.05, 4.69) is 20.4 Å². The summed E-state index contributed by atoms with van der Waals surface area (Å²) in [4.78, 5) is 8.09. The number of hydrogen-bond acceptors (Lipinski definition) is 4. The van der Waals surface area contributed by atoms with Gasteiger partial charge in [0, 0.05) is 18.3 Å². The lowest BCUT2D eigenvalue weighted by atomic mass is 10.3. The second kappa shape index (κ2) is 5.71. The van der Waals surface area contributed by atoms with Crippen LogP contribution in [0.15, 0.2) is 55.1 Å². The molecule has 0 aliphatic rings. The largest absolute Gasteiger partial charge is 0.365 e. The Labute approximate surface area is 121 Å². The number of rotatable bonds is 4. The molecule has 2 heterocycles. The molecule has 0 saturated carbocycles. The van der Waals surface area contributed by atoms with Gasteiger partial charge in [0.15, 0.2) is 0 Å². The summed E-state index contributed by atoms with van der Waals surface area (Å²) in [5.74, 6) is 0.643. The van der Waals surface area contributed by atoms with E-state index in [0.717, 1.165) is 11.3 Å². The molecule has 1 aromatic carbocycles. The Bertz CT molecular complexity index is 696. The van der Waals surface area contributed by atoms with Gasteiger partial charge in [0.1, 0.15) is 11.0 Å². The third-order valence-corrected chi connectivity index (χ3v) is 2.92. The Balaban J connectivity index is 1.69. The zero-order chi connectivity index (χ0) is 13.8. The highest BCUT2D eigenvalue weighted by molar-refractivity contribution is 6.29. The Hall–Kier alpha value is -2.40. The van der Waals surface area contributed by atoms with Crippen molar-refractivity contribution < 1.29 is 0 Å². The summed E-state index contributed by atoms with van der Waals surface area (Å²) in [7, 11) is 0. The van der Waals surface area contributed by atoms with Crippen LogP contribution in [0.1, 0.15) is 5.56 Å². The van der Waals surface area contributed by atoms with E-state index in [1.165, 1.54) is 6.20 Å². The highest BCUT2D eigenvalue weighted by Gasteiger charge is 2.01. The Morgan fingerprint density at radius 2 is 1.95 bits per heavy atom. The van der Waals surface area contributed by atoms with Crippen molar-refractivity contribution in [3.63, 3.8) is 0 Å². The number of halogens is 1. The van der Waals surface area contributed by atoms with Crippen molar-refractivity contribution in [2.24, 2.45) is 0 Å². The van der Waals surface area contributed by atoms with Crippen molar-refractivity contribution in [2.45, 2.75) is 6.54 Å². The average Bonchev–Trinajstić information content (AvgIpc) is 2.95. The van der Waals surface area contributed by atoms with E-state index < -0.39 is 0 Å². The van der Waals surface area contributed by atoms with Gasteiger partial charge in [0.05, 0.1) is 24.3 Å². The van der Waals surface area contributed by atoms with Crippen LogP contribution in [0.2, 0.25) is 5.15 Å². The molecule has 0 atom stereocenters. The lowest BCUT2D eigenvalue weighted by molar-refractivity contribution is 0.880. The standard InChI is InChI=1S/C14H12ClN5/c15-13-8-16-9-14(19-13)17-6-11-7-18-20(10-11)12-4-2-1-3-5-12/h1-5,7-10H,6H2,(H,17,19). The summed E-state index contributed by atoms with van der Waals surface area (Å²) in [5.41, 5.74) is 2.08. The molecule has 3 aromatic rings. The van der Waals surface area contributed by atoms with Crippen LogP contribution in [-0.4, -0.2) is 19.7 Å². The Morgan fingerprint density at radius 1 is 1.10 bits per heavy atom. The summed E-state index contributed by atoms with van der Waals surface area (Å²) >= 11 is 5.78. The summed E-state index contributed by atoms with van der Waals surface area (Å²) < 4.78 is 1.83. The van der Waals surface area contributed by atoms with E-state index in [4.69, 9.17) is 11.6 Å². The maximum absolute atomic E-state index is 5.78. The second-order valence-corrected chi connectivity index (χ2v) is 4.60. The van der Waals surface area contributed by atoms with Crippen LogP contribution < -0.4 is 5.32 Å². The predicted octanol–water partition coefficient (Wildman–Crippen LogP) is 2.93. The maximum Gasteiger partial charge on any atom is 0.149 e. The van der Waals surface area contributed by atoms with Gasteiger partial charge in [-0.15, -0.1) is 0 Å². The van der Waals surface area contributed by atoms with Crippen molar-refractivity contribution in [3.8, 4) is 5.69 Å². The van der Waals surface area contributed by atoms with Crippen molar-refractivity contribution in [3.05, 3.63) is 65.8 Å². The van der Waals surface area contributed by atoms with Crippen LogP contribution in [-0.2, 0) is 6.54 Å². The predicted molar refractivity (Wildman–Crippen MR) is 77.9 cm³/mol. The van der Waals surface area contributed by atoms with Crippen LogP contribution in [0.25, 0.3) is 5.69 Å². The molecule has 0 aliphatic carbocycles. The smallest absolute Gasteiger partial charge is 0.149 e. The van der Waals surface area contributed by atoms with E-state index >= 15 is 0 Å². The van der Waals surface area contributed by atoms with Crippen LogP contribution in [0.3, 0.4) is 0 Å². The van der Waals surface area contributed by atoms with E-state index in [1.807, 2.05) is 47.4 Å². The molecule has 0 amide bonds. The fourth-order valence-electron chi connectivity index (χ4n) is 1.79. The highest BCUT2D eigenvalue weighted by Crippen LogP contribution is 2.10. The van der Waals surface area contributed by atoms with Crippen molar-refractivity contribution in [2.75, 3.05) is 5.32 Å². The van der Waals surface area contributed by atoms with E-state index in [-0.39, 0.29) is 0 Å². The number of anilines is 1. The number of benzene rings is 1. The minimum absolute atomic E-state index is 0.370. The fraction of sp³-hybridized carbons (Fsp3) is 0.0714. The van der Waals surface area contributed by atoms with Crippen LogP contribution in [0, 0.1) is 0 Å². The molecule has 0 radical (unpaired) electrons. The van der Waals surface area contributed by atoms with Crippen molar-refractivity contribution in [1.29, 1.82) is 0 Å². The normalized spacial score (nSPS) is 10.4. The van der Waals surface area contributed by atoms with E-state index in [0.29, 0.717) is 17.5 Å². The zero-order valence-corrected chi connectivity index (χ0v) is 11.3. The molecular weight excluding hydrogens is 274 g/mol. The number of para-hydroxylation sites is 1. The zero-order valence-electron chi connectivity index (χ0n) is 10.6. The molecule has 1 N–H and O–H groups in total. The molecule has 2 aromatic heterocycles. The summed E-state index contributed by atoms with van der Waals surface area (Å²) in [5, 5.41) is 7.86. The topological polar surface area (TPSA) is 55.6 Å². The summed E-state index contributed by atoms with van der Waals surface area (Å²) in [6.07, 6.45) is 6.92. The molecule has 0 aliphatic heterocycles. The van der Waals surface area contributed by atoms with E-state index in [9.17, 15) is 0 Å². The average molecular weight is 286 g/mol. The first kappa shape index (κ1) is 12.6. The maximum atomic E-state index is 5.78. The van der Waals surface area contributed by atoms with Crippen LogP contribution >= 0.6 is 11.6 Å². The second-order valence-electron chi connectivity index (χ2n) is 4.21. The number of hydrogen-bond donors (Lipinski definition) is 1. The lowest BCUT2D eigenvalue weighted by Gasteiger charge is -2.03. The minimum atomic E-state index is 0.370. The molecule has 6 heteroatoms. The first-order valence-electron chi connectivity index (χ1n) is 6.12. The monoisotopic (exact) mass is 285 g/mol. The molecule has 20 heavy (non-hydrogen) atoms. The van der Waals surface area contributed by atoms with Gasteiger partial charge in [0.25, 0.3) is 0 Å². The quantitative estimate of drug-likeness (QED) is 0.801. The van der Waals surface area contributed by atoms with Gasteiger partial charge in [-0.25, -0.2) is 9.67 Å². The highest BCUT2D eigenvalue weighted by atomic mass is 35.5. The molecule has 0 fully saturated rings. The molecule has 100 valence electrons. The molecule has 5 nitrogen and oxygen atoms in total. The van der Waals surface area contributed by atoms with Gasteiger partial charge in [-0.2, -0.15) is 5.10 Å². The van der Waals surface area contributed by atoms with Crippen LogP contribution in [0.5, 0.6) is 0 Å². The van der Waals surface area contributed by atoms with Gasteiger partial charge in [-0.1, -0.05) is 29.8 Å². The molecule has 0 bridgehead atoms. The summed E-state index contributed by atoms with van der Waals surface area (Å²) in [6.45, 7) is 0.613. The SMILES string of the molecule is Clc1cncc(NCc2cnn(-c3ccccc3)c2)n1. The number of nitrogens with zero attached hydrogens (tertiary/aromatic N) is 4. The fourth-order valence-corrected chi connectivity index (χ4v) is 1.94. The Kier molecular flexibility index (Phi) is 3.60. The van der Waals surface area contributed by atoms with E-state index in [1.54, 1.807) is 6.20 Å². The third kappa shape index (κ3) is 2.95. The van der Waals surface area contributed by atoms with Crippen LogP contribution in [0.4, 0.5) is 5.82 Å². The van der Waals surface area contributed by atoms with Gasteiger partial charge in [-0.05, 0) is 12.1 Å². The molecule has 0 saturated heterocycles. The van der Waals surface area contributed by atoms with Crippen molar-refractivity contribution >= 4 is 17.4 Å². The lowest BCUT2D eigenvalue weighted by Crippen LogP contribution is -2.01. The number of aromatic nitrogens is 4. The molecule has 0 spiro atoms.